The van der Waals surface area contributed by atoms with Crippen LogP contribution in [0.1, 0.15) is 11.1 Å². The molecule has 0 aliphatic heterocycles. The standard InChI is InChI=1S/C18H16Cl2FNOS/c19-16-2-1-3-17(20)15(16)12-24-11-10-22-18(23)9-6-13-4-7-14(21)8-5-13/h1-9H,10-12H2,(H,22,23)/b9-6+. The van der Waals surface area contributed by atoms with Crippen LogP contribution >= 0.6 is 35.0 Å². The monoisotopic (exact) mass is 383 g/mol. The van der Waals surface area contributed by atoms with E-state index in [-0.39, 0.29) is 11.7 Å². The first-order valence-electron chi connectivity index (χ1n) is 7.28. The third-order valence-electron chi connectivity index (χ3n) is 3.15. The number of amides is 1. The molecule has 2 aromatic carbocycles. The number of halogens is 3. The second-order valence-corrected chi connectivity index (χ2v) is 6.85. The first kappa shape index (κ1) is 18.8. The summed E-state index contributed by atoms with van der Waals surface area (Å²) in [6.07, 6.45) is 3.08. The molecule has 0 aromatic heterocycles. The highest BCUT2D eigenvalue weighted by molar-refractivity contribution is 7.98. The summed E-state index contributed by atoms with van der Waals surface area (Å²) in [5.74, 6) is 0.959. The molecule has 0 bridgehead atoms. The van der Waals surface area contributed by atoms with Crippen LogP contribution in [0.2, 0.25) is 10.0 Å². The molecule has 2 nitrogen and oxygen atoms in total. The molecule has 0 radical (unpaired) electrons. The maximum absolute atomic E-state index is 12.8. The largest absolute Gasteiger partial charge is 0.352 e. The minimum atomic E-state index is -0.299. The van der Waals surface area contributed by atoms with Crippen LogP contribution in [0.4, 0.5) is 4.39 Å². The van der Waals surface area contributed by atoms with Gasteiger partial charge in [-0.2, -0.15) is 11.8 Å². The summed E-state index contributed by atoms with van der Waals surface area (Å²) in [7, 11) is 0. The van der Waals surface area contributed by atoms with Crippen LogP contribution in [0.5, 0.6) is 0 Å². The molecule has 0 aliphatic rings. The van der Waals surface area contributed by atoms with Gasteiger partial charge in [0.15, 0.2) is 0 Å². The Hall–Kier alpha value is -1.49. The number of carbonyl (C=O) groups is 1. The van der Waals surface area contributed by atoms with E-state index in [0.717, 1.165) is 16.9 Å². The predicted molar refractivity (Wildman–Crippen MR) is 101 cm³/mol. The van der Waals surface area contributed by atoms with E-state index in [2.05, 4.69) is 5.32 Å². The average molecular weight is 384 g/mol. The van der Waals surface area contributed by atoms with E-state index in [9.17, 15) is 9.18 Å². The first-order chi connectivity index (χ1) is 11.6. The number of hydrogen-bond donors (Lipinski definition) is 1. The van der Waals surface area contributed by atoms with Gasteiger partial charge in [0.25, 0.3) is 0 Å². The molecule has 0 spiro atoms. The van der Waals surface area contributed by atoms with Crippen molar-refractivity contribution in [3.8, 4) is 0 Å². The zero-order valence-electron chi connectivity index (χ0n) is 12.8. The molecule has 6 heteroatoms. The lowest BCUT2D eigenvalue weighted by atomic mass is 10.2. The van der Waals surface area contributed by atoms with Crippen LogP contribution < -0.4 is 5.32 Å². The van der Waals surface area contributed by atoms with E-state index in [0.29, 0.717) is 22.3 Å². The van der Waals surface area contributed by atoms with Crippen molar-refractivity contribution in [2.75, 3.05) is 12.3 Å². The SMILES string of the molecule is O=C(/C=C/c1ccc(F)cc1)NCCSCc1c(Cl)cccc1Cl. The molecule has 0 saturated carbocycles. The van der Waals surface area contributed by atoms with Crippen LogP contribution in [-0.4, -0.2) is 18.2 Å². The van der Waals surface area contributed by atoms with Gasteiger partial charge in [-0.25, -0.2) is 4.39 Å². The van der Waals surface area contributed by atoms with Crippen molar-refractivity contribution in [2.24, 2.45) is 0 Å². The van der Waals surface area contributed by atoms with Crippen molar-refractivity contribution in [2.45, 2.75) is 5.75 Å². The first-order valence-corrected chi connectivity index (χ1v) is 9.19. The molecular weight excluding hydrogens is 368 g/mol. The fourth-order valence-corrected chi connectivity index (χ4v) is 3.49. The van der Waals surface area contributed by atoms with E-state index in [1.54, 1.807) is 30.0 Å². The van der Waals surface area contributed by atoms with Crippen molar-refractivity contribution in [3.05, 3.63) is 75.5 Å². The number of carbonyl (C=O) groups excluding carboxylic acids is 1. The Labute approximate surface area is 155 Å². The normalized spacial score (nSPS) is 11.0. The van der Waals surface area contributed by atoms with Crippen LogP contribution in [0, 0.1) is 5.82 Å². The summed E-state index contributed by atoms with van der Waals surface area (Å²) < 4.78 is 12.8. The minimum absolute atomic E-state index is 0.185. The van der Waals surface area contributed by atoms with E-state index < -0.39 is 0 Å². The van der Waals surface area contributed by atoms with Crippen LogP contribution in [-0.2, 0) is 10.5 Å². The number of rotatable bonds is 7. The number of benzene rings is 2. The minimum Gasteiger partial charge on any atom is -0.352 e. The Morgan fingerprint density at radius 1 is 1.12 bits per heavy atom. The lowest BCUT2D eigenvalue weighted by molar-refractivity contribution is -0.116. The molecule has 0 fully saturated rings. The molecule has 24 heavy (non-hydrogen) atoms. The average Bonchev–Trinajstić information content (AvgIpc) is 2.56. The zero-order chi connectivity index (χ0) is 17.4. The third kappa shape index (κ3) is 6.19. The summed E-state index contributed by atoms with van der Waals surface area (Å²) in [4.78, 5) is 11.7. The Kier molecular flexibility index (Phi) is 7.63. The van der Waals surface area contributed by atoms with Gasteiger partial charge in [-0.15, -0.1) is 0 Å². The zero-order valence-corrected chi connectivity index (χ0v) is 15.1. The summed E-state index contributed by atoms with van der Waals surface area (Å²) in [6, 6.07) is 11.4. The second kappa shape index (κ2) is 9.72. The Bertz CT molecular complexity index is 699. The fraction of sp³-hybridized carbons (Fsp3) is 0.167. The van der Waals surface area contributed by atoms with Gasteiger partial charge in [0.1, 0.15) is 5.82 Å². The molecule has 0 aliphatic carbocycles. The van der Waals surface area contributed by atoms with E-state index in [1.165, 1.54) is 18.2 Å². The Morgan fingerprint density at radius 2 is 1.79 bits per heavy atom. The van der Waals surface area contributed by atoms with E-state index in [4.69, 9.17) is 23.2 Å². The highest BCUT2D eigenvalue weighted by Crippen LogP contribution is 2.27. The van der Waals surface area contributed by atoms with Gasteiger partial charge in [-0.1, -0.05) is 41.4 Å². The van der Waals surface area contributed by atoms with Crippen LogP contribution in [0.25, 0.3) is 6.08 Å². The van der Waals surface area contributed by atoms with Gasteiger partial charge >= 0.3 is 0 Å². The lowest BCUT2D eigenvalue weighted by Crippen LogP contribution is -2.23. The number of thioether (sulfide) groups is 1. The quantitative estimate of drug-likeness (QED) is 0.526. The molecule has 2 aromatic rings. The van der Waals surface area contributed by atoms with Gasteiger partial charge in [-0.3, -0.25) is 4.79 Å². The Morgan fingerprint density at radius 3 is 2.46 bits per heavy atom. The Balaban J connectivity index is 1.68. The van der Waals surface area contributed by atoms with Crippen LogP contribution in [0.3, 0.4) is 0 Å². The van der Waals surface area contributed by atoms with Crippen molar-refractivity contribution >= 4 is 46.9 Å². The van der Waals surface area contributed by atoms with Gasteiger partial charge in [0.2, 0.25) is 5.91 Å². The number of hydrogen-bond acceptors (Lipinski definition) is 2. The van der Waals surface area contributed by atoms with Gasteiger partial charge in [-0.05, 0) is 41.5 Å². The summed E-state index contributed by atoms with van der Waals surface area (Å²) in [5, 5.41) is 4.10. The highest BCUT2D eigenvalue weighted by atomic mass is 35.5. The summed E-state index contributed by atoms with van der Waals surface area (Å²) >= 11 is 13.8. The number of nitrogens with one attached hydrogen (secondary N) is 1. The molecular formula is C18H16Cl2FNOS. The molecule has 0 saturated heterocycles. The van der Waals surface area contributed by atoms with E-state index >= 15 is 0 Å². The molecule has 0 atom stereocenters. The van der Waals surface area contributed by atoms with Gasteiger partial charge in [0.05, 0.1) is 0 Å². The molecule has 1 amide bonds. The van der Waals surface area contributed by atoms with Crippen molar-refractivity contribution in [1.29, 1.82) is 0 Å². The molecule has 2 rings (SSSR count). The third-order valence-corrected chi connectivity index (χ3v) is 4.84. The maximum atomic E-state index is 12.8. The molecule has 0 heterocycles. The summed E-state index contributed by atoms with van der Waals surface area (Å²) in [6.45, 7) is 0.541. The van der Waals surface area contributed by atoms with Crippen molar-refractivity contribution in [1.82, 2.24) is 5.32 Å². The predicted octanol–water partition coefficient (Wildman–Crippen LogP) is 5.20. The maximum Gasteiger partial charge on any atom is 0.244 e. The second-order valence-electron chi connectivity index (χ2n) is 4.93. The van der Waals surface area contributed by atoms with Crippen LogP contribution in [0.15, 0.2) is 48.5 Å². The van der Waals surface area contributed by atoms with Crippen molar-refractivity contribution in [3.63, 3.8) is 0 Å². The molecule has 0 unspecified atom stereocenters. The topological polar surface area (TPSA) is 29.1 Å². The van der Waals surface area contributed by atoms with Gasteiger partial charge in [0, 0.05) is 34.2 Å². The summed E-state index contributed by atoms with van der Waals surface area (Å²) in [5.41, 5.74) is 1.68. The smallest absolute Gasteiger partial charge is 0.244 e. The fourth-order valence-electron chi connectivity index (χ4n) is 1.90. The molecule has 126 valence electrons. The lowest BCUT2D eigenvalue weighted by Gasteiger charge is -2.07. The highest BCUT2D eigenvalue weighted by Gasteiger charge is 2.05. The van der Waals surface area contributed by atoms with Gasteiger partial charge < -0.3 is 5.32 Å². The van der Waals surface area contributed by atoms with E-state index in [1.807, 2.05) is 18.2 Å². The molecule has 1 N–H and O–H groups in total. The van der Waals surface area contributed by atoms with Crippen molar-refractivity contribution < 1.29 is 9.18 Å².